The standard InChI is InChI=1S/C13H27NO2/c1-2-3-11-16-12-9-14-8-4-6-13(14)7-5-10-15/h13,15H,2-12H2,1H3. The van der Waals surface area contributed by atoms with E-state index in [4.69, 9.17) is 9.84 Å². The molecule has 1 fully saturated rings. The molecule has 1 N–H and O–H groups in total. The number of nitrogens with zero attached hydrogens (tertiary/aromatic N) is 1. The average molecular weight is 229 g/mol. The Kier molecular flexibility index (Phi) is 7.81. The summed E-state index contributed by atoms with van der Waals surface area (Å²) in [6.45, 7) is 6.58. The zero-order valence-electron chi connectivity index (χ0n) is 10.7. The van der Waals surface area contributed by atoms with E-state index in [1.54, 1.807) is 0 Å². The molecular weight excluding hydrogens is 202 g/mol. The first-order chi connectivity index (χ1) is 7.88. The predicted octanol–water partition coefficient (Wildman–Crippen LogP) is 2.04. The predicted molar refractivity (Wildman–Crippen MR) is 66.6 cm³/mol. The van der Waals surface area contributed by atoms with E-state index in [1.807, 2.05) is 0 Å². The molecule has 16 heavy (non-hydrogen) atoms. The quantitative estimate of drug-likeness (QED) is 0.614. The van der Waals surface area contributed by atoms with Crippen molar-refractivity contribution in [1.29, 1.82) is 0 Å². The number of rotatable bonds is 9. The smallest absolute Gasteiger partial charge is 0.0593 e. The lowest BCUT2D eigenvalue weighted by Gasteiger charge is -2.24. The Balaban J connectivity index is 2.05. The summed E-state index contributed by atoms with van der Waals surface area (Å²) < 4.78 is 5.60. The zero-order valence-corrected chi connectivity index (χ0v) is 10.7. The van der Waals surface area contributed by atoms with Crippen LogP contribution in [-0.4, -0.2) is 49.0 Å². The van der Waals surface area contributed by atoms with Gasteiger partial charge in [-0.3, -0.25) is 4.90 Å². The molecule has 0 radical (unpaired) electrons. The van der Waals surface area contributed by atoms with Crippen LogP contribution in [0.2, 0.25) is 0 Å². The van der Waals surface area contributed by atoms with E-state index in [1.165, 1.54) is 32.2 Å². The lowest BCUT2D eigenvalue weighted by atomic mass is 10.1. The first-order valence-corrected chi connectivity index (χ1v) is 6.81. The van der Waals surface area contributed by atoms with Crippen LogP contribution >= 0.6 is 0 Å². The van der Waals surface area contributed by atoms with E-state index in [0.29, 0.717) is 12.6 Å². The number of unbranched alkanes of at least 4 members (excludes halogenated alkanes) is 1. The highest BCUT2D eigenvalue weighted by Crippen LogP contribution is 2.20. The van der Waals surface area contributed by atoms with Crippen molar-refractivity contribution in [3.8, 4) is 0 Å². The number of aliphatic hydroxyl groups is 1. The number of hydrogen-bond acceptors (Lipinski definition) is 3. The second-order valence-electron chi connectivity index (χ2n) is 4.66. The summed E-state index contributed by atoms with van der Waals surface area (Å²) >= 11 is 0. The SMILES string of the molecule is CCCCOCCN1CCCC1CCCO. The van der Waals surface area contributed by atoms with E-state index in [2.05, 4.69) is 11.8 Å². The van der Waals surface area contributed by atoms with Crippen LogP contribution in [0.15, 0.2) is 0 Å². The second-order valence-corrected chi connectivity index (χ2v) is 4.66. The van der Waals surface area contributed by atoms with E-state index in [-0.39, 0.29) is 0 Å². The molecule has 1 unspecified atom stereocenters. The van der Waals surface area contributed by atoms with Crippen molar-refractivity contribution in [2.45, 2.75) is 51.5 Å². The van der Waals surface area contributed by atoms with E-state index in [0.717, 1.165) is 32.6 Å². The monoisotopic (exact) mass is 229 g/mol. The van der Waals surface area contributed by atoms with E-state index >= 15 is 0 Å². The van der Waals surface area contributed by atoms with Crippen molar-refractivity contribution in [3.63, 3.8) is 0 Å². The summed E-state index contributed by atoms with van der Waals surface area (Å²) in [6, 6.07) is 0.696. The number of hydrogen-bond donors (Lipinski definition) is 1. The molecule has 0 aliphatic carbocycles. The van der Waals surface area contributed by atoms with Crippen LogP contribution in [0.5, 0.6) is 0 Å². The molecule has 1 rings (SSSR count). The van der Waals surface area contributed by atoms with Crippen molar-refractivity contribution in [2.75, 3.05) is 32.9 Å². The molecule has 0 aromatic heterocycles. The van der Waals surface area contributed by atoms with Crippen LogP contribution < -0.4 is 0 Å². The van der Waals surface area contributed by atoms with E-state index in [9.17, 15) is 0 Å². The molecule has 1 aliphatic heterocycles. The van der Waals surface area contributed by atoms with Crippen LogP contribution in [0, 0.1) is 0 Å². The Hall–Kier alpha value is -0.120. The number of ether oxygens (including phenoxy) is 1. The van der Waals surface area contributed by atoms with Gasteiger partial charge in [0.1, 0.15) is 0 Å². The molecule has 96 valence electrons. The Morgan fingerprint density at radius 1 is 1.31 bits per heavy atom. The summed E-state index contributed by atoms with van der Waals surface area (Å²) in [4.78, 5) is 2.53. The van der Waals surface area contributed by atoms with Gasteiger partial charge in [-0.25, -0.2) is 0 Å². The molecule has 0 bridgehead atoms. The van der Waals surface area contributed by atoms with E-state index < -0.39 is 0 Å². The Labute approximate surface area is 99.8 Å². The second kappa shape index (κ2) is 8.97. The van der Waals surface area contributed by atoms with Gasteiger partial charge in [0.25, 0.3) is 0 Å². The van der Waals surface area contributed by atoms with Gasteiger partial charge in [-0.2, -0.15) is 0 Å². The summed E-state index contributed by atoms with van der Waals surface area (Å²) in [6.07, 6.45) is 7.08. The van der Waals surface area contributed by atoms with Gasteiger partial charge >= 0.3 is 0 Å². The van der Waals surface area contributed by atoms with Crippen molar-refractivity contribution in [3.05, 3.63) is 0 Å². The first kappa shape index (κ1) is 13.9. The van der Waals surface area contributed by atoms with Crippen LogP contribution in [-0.2, 0) is 4.74 Å². The third-order valence-electron chi connectivity index (χ3n) is 3.36. The molecule has 1 atom stereocenters. The molecule has 0 spiro atoms. The fourth-order valence-electron chi connectivity index (χ4n) is 2.37. The van der Waals surface area contributed by atoms with Gasteiger partial charge in [-0.1, -0.05) is 13.3 Å². The number of likely N-dealkylation sites (tertiary alicyclic amines) is 1. The molecule has 1 aliphatic rings. The summed E-state index contributed by atoms with van der Waals surface area (Å²) in [5.74, 6) is 0. The van der Waals surface area contributed by atoms with Gasteiger partial charge < -0.3 is 9.84 Å². The zero-order chi connectivity index (χ0) is 11.6. The molecular formula is C13H27NO2. The summed E-state index contributed by atoms with van der Waals surface area (Å²) in [5.41, 5.74) is 0. The van der Waals surface area contributed by atoms with Gasteiger partial charge in [0, 0.05) is 25.8 Å². The molecule has 0 aromatic rings. The maximum atomic E-state index is 8.84. The lowest BCUT2D eigenvalue weighted by molar-refractivity contribution is 0.0947. The highest BCUT2D eigenvalue weighted by Gasteiger charge is 2.23. The third kappa shape index (κ3) is 5.28. The Bertz CT molecular complexity index is 164. The van der Waals surface area contributed by atoms with Gasteiger partial charge in [0.05, 0.1) is 6.61 Å². The molecule has 0 saturated carbocycles. The Morgan fingerprint density at radius 2 is 2.19 bits per heavy atom. The van der Waals surface area contributed by atoms with Gasteiger partial charge in [0.15, 0.2) is 0 Å². The van der Waals surface area contributed by atoms with Crippen molar-refractivity contribution < 1.29 is 9.84 Å². The van der Waals surface area contributed by atoms with Gasteiger partial charge in [-0.15, -0.1) is 0 Å². The molecule has 3 heteroatoms. The summed E-state index contributed by atoms with van der Waals surface area (Å²) in [5, 5.41) is 8.84. The lowest BCUT2D eigenvalue weighted by Crippen LogP contribution is -2.32. The molecule has 0 amide bonds. The Morgan fingerprint density at radius 3 is 2.94 bits per heavy atom. The molecule has 0 aromatic carbocycles. The van der Waals surface area contributed by atoms with Gasteiger partial charge in [-0.05, 0) is 38.6 Å². The molecule has 3 nitrogen and oxygen atoms in total. The largest absolute Gasteiger partial charge is 0.396 e. The minimum atomic E-state index is 0.331. The van der Waals surface area contributed by atoms with Gasteiger partial charge in [0.2, 0.25) is 0 Å². The third-order valence-corrected chi connectivity index (χ3v) is 3.36. The van der Waals surface area contributed by atoms with Crippen LogP contribution in [0.3, 0.4) is 0 Å². The van der Waals surface area contributed by atoms with Crippen LogP contribution in [0.1, 0.15) is 45.4 Å². The maximum absolute atomic E-state index is 8.84. The molecule has 1 saturated heterocycles. The van der Waals surface area contributed by atoms with Crippen LogP contribution in [0.4, 0.5) is 0 Å². The van der Waals surface area contributed by atoms with Crippen molar-refractivity contribution in [2.24, 2.45) is 0 Å². The first-order valence-electron chi connectivity index (χ1n) is 6.81. The average Bonchev–Trinajstić information content (AvgIpc) is 2.74. The highest BCUT2D eigenvalue weighted by atomic mass is 16.5. The highest BCUT2D eigenvalue weighted by molar-refractivity contribution is 4.78. The fraction of sp³-hybridized carbons (Fsp3) is 1.00. The molecule has 1 heterocycles. The van der Waals surface area contributed by atoms with Crippen molar-refractivity contribution in [1.82, 2.24) is 4.90 Å². The topological polar surface area (TPSA) is 32.7 Å². The van der Waals surface area contributed by atoms with Crippen molar-refractivity contribution >= 4 is 0 Å². The maximum Gasteiger partial charge on any atom is 0.0593 e. The fourth-order valence-corrected chi connectivity index (χ4v) is 2.37. The van der Waals surface area contributed by atoms with Crippen LogP contribution in [0.25, 0.3) is 0 Å². The normalized spacial score (nSPS) is 21.8. The summed E-state index contributed by atoms with van der Waals surface area (Å²) in [7, 11) is 0. The number of aliphatic hydroxyl groups excluding tert-OH is 1. The minimum absolute atomic E-state index is 0.331. The minimum Gasteiger partial charge on any atom is -0.396 e.